The van der Waals surface area contributed by atoms with Crippen molar-refractivity contribution >= 4 is 17.3 Å². The zero-order valence-corrected chi connectivity index (χ0v) is 11.3. The first kappa shape index (κ1) is 12.7. The van der Waals surface area contributed by atoms with Gasteiger partial charge in [-0.2, -0.15) is 0 Å². The zero-order chi connectivity index (χ0) is 12.1. The molecule has 0 saturated heterocycles. The number of halogens is 1. The van der Waals surface area contributed by atoms with Crippen molar-refractivity contribution in [2.45, 2.75) is 45.4 Å². The SMILES string of the molecule is Cc1cnc(Cl)c(NCC2CCCCCC2)c1. The third-order valence-corrected chi connectivity index (χ3v) is 3.83. The van der Waals surface area contributed by atoms with Crippen LogP contribution in [-0.2, 0) is 0 Å². The van der Waals surface area contributed by atoms with Crippen molar-refractivity contribution in [1.82, 2.24) is 4.98 Å². The Morgan fingerprint density at radius 1 is 1.29 bits per heavy atom. The summed E-state index contributed by atoms with van der Waals surface area (Å²) in [6, 6.07) is 2.08. The number of nitrogens with one attached hydrogen (secondary N) is 1. The molecule has 1 N–H and O–H groups in total. The van der Waals surface area contributed by atoms with Crippen LogP contribution in [0.15, 0.2) is 12.3 Å². The molecule has 1 fully saturated rings. The maximum absolute atomic E-state index is 6.07. The van der Waals surface area contributed by atoms with Gasteiger partial charge in [-0.1, -0.05) is 37.3 Å². The summed E-state index contributed by atoms with van der Waals surface area (Å²) in [6.07, 6.45) is 10.1. The third-order valence-electron chi connectivity index (χ3n) is 3.53. The summed E-state index contributed by atoms with van der Waals surface area (Å²) < 4.78 is 0. The molecule has 0 spiro atoms. The molecule has 0 unspecified atom stereocenters. The first-order valence-electron chi connectivity index (χ1n) is 6.62. The Balaban J connectivity index is 1.89. The van der Waals surface area contributed by atoms with Crippen LogP contribution in [0.1, 0.15) is 44.1 Å². The van der Waals surface area contributed by atoms with Crippen LogP contribution in [0.3, 0.4) is 0 Å². The maximum atomic E-state index is 6.07. The van der Waals surface area contributed by atoms with Crippen molar-refractivity contribution < 1.29 is 0 Å². The van der Waals surface area contributed by atoms with E-state index >= 15 is 0 Å². The van der Waals surface area contributed by atoms with Gasteiger partial charge in [0, 0.05) is 12.7 Å². The number of aromatic nitrogens is 1. The number of hydrogen-bond donors (Lipinski definition) is 1. The lowest BCUT2D eigenvalue weighted by Crippen LogP contribution is -2.14. The van der Waals surface area contributed by atoms with Crippen LogP contribution in [0.5, 0.6) is 0 Å². The maximum Gasteiger partial charge on any atom is 0.152 e. The molecule has 1 aliphatic rings. The summed E-state index contributed by atoms with van der Waals surface area (Å²) in [5.74, 6) is 0.800. The molecule has 0 aliphatic heterocycles. The molecule has 1 aromatic heterocycles. The molecule has 2 nitrogen and oxygen atoms in total. The lowest BCUT2D eigenvalue weighted by molar-refractivity contribution is 0.483. The summed E-state index contributed by atoms with van der Waals surface area (Å²) in [4.78, 5) is 4.16. The van der Waals surface area contributed by atoms with Crippen molar-refractivity contribution in [3.8, 4) is 0 Å². The van der Waals surface area contributed by atoms with E-state index in [1.165, 1.54) is 38.5 Å². The topological polar surface area (TPSA) is 24.9 Å². The molecule has 94 valence electrons. The van der Waals surface area contributed by atoms with Gasteiger partial charge < -0.3 is 5.32 Å². The van der Waals surface area contributed by atoms with Crippen molar-refractivity contribution in [3.05, 3.63) is 23.0 Å². The standard InChI is InChI=1S/C14H21ClN2/c1-11-8-13(14(15)17-9-11)16-10-12-6-4-2-3-5-7-12/h8-9,12,16H,2-7,10H2,1H3. The predicted molar refractivity (Wildman–Crippen MR) is 73.7 cm³/mol. The number of rotatable bonds is 3. The fraction of sp³-hybridized carbons (Fsp3) is 0.643. The minimum absolute atomic E-state index is 0.587. The second kappa shape index (κ2) is 6.25. The highest BCUT2D eigenvalue weighted by atomic mass is 35.5. The monoisotopic (exact) mass is 252 g/mol. The molecule has 0 aromatic carbocycles. The quantitative estimate of drug-likeness (QED) is 0.636. The van der Waals surface area contributed by atoms with Gasteiger partial charge >= 0.3 is 0 Å². The van der Waals surface area contributed by atoms with Crippen molar-refractivity contribution in [1.29, 1.82) is 0 Å². The number of hydrogen-bond acceptors (Lipinski definition) is 2. The van der Waals surface area contributed by atoms with E-state index in [-0.39, 0.29) is 0 Å². The molecule has 1 heterocycles. The molecular weight excluding hydrogens is 232 g/mol. The highest BCUT2D eigenvalue weighted by Crippen LogP contribution is 2.25. The Morgan fingerprint density at radius 2 is 2.00 bits per heavy atom. The van der Waals surface area contributed by atoms with Gasteiger partial charge in [0.15, 0.2) is 5.15 Å². The number of aryl methyl sites for hydroxylation is 1. The summed E-state index contributed by atoms with van der Waals surface area (Å²) in [5.41, 5.74) is 2.13. The number of pyridine rings is 1. The molecule has 0 atom stereocenters. The van der Waals surface area contributed by atoms with Gasteiger partial charge in [-0.15, -0.1) is 0 Å². The largest absolute Gasteiger partial charge is 0.382 e. The van der Waals surface area contributed by atoms with Crippen molar-refractivity contribution in [2.24, 2.45) is 5.92 Å². The molecule has 0 bridgehead atoms. The first-order valence-corrected chi connectivity index (χ1v) is 6.99. The fourth-order valence-corrected chi connectivity index (χ4v) is 2.67. The average molecular weight is 253 g/mol. The Bertz CT molecular complexity index is 357. The first-order chi connectivity index (χ1) is 8.25. The van der Waals surface area contributed by atoms with Crippen LogP contribution in [0, 0.1) is 12.8 Å². The van der Waals surface area contributed by atoms with Crippen molar-refractivity contribution in [2.75, 3.05) is 11.9 Å². The Kier molecular flexibility index (Phi) is 4.66. The van der Waals surface area contributed by atoms with Crippen LogP contribution in [0.4, 0.5) is 5.69 Å². The van der Waals surface area contributed by atoms with Gasteiger partial charge in [-0.3, -0.25) is 0 Å². The van der Waals surface area contributed by atoms with E-state index in [1.54, 1.807) is 6.20 Å². The van der Waals surface area contributed by atoms with E-state index in [4.69, 9.17) is 11.6 Å². The second-order valence-corrected chi connectivity index (χ2v) is 5.45. The van der Waals surface area contributed by atoms with Crippen LogP contribution in [0.2, 0.25) is 5.15 Å². The smallest absolute Gasteiger partial charge is 0.152 e. The van der Waals surface area contributed by atoms with Gasteiger partial charge in [-0.05, 0) is 37.3 Å². The van der Waals surface area contributed by atoms with Crippen LogP contribution in [0.25, 0.3) is 0 Å². The van der Waals surface area contributed by atoms with Gasteiger partial charge in [0.25, 0.3) is 0 Å². The van der Waals surface area contributed by atoms with Gasteiger partial charge in [0.2, 0.25) is 0 Å². The molecule has 1 aliphatic carbocycles. The summed E-state index contributed by atoms with van der Waals surface area (Å²) in [7, 11) is 0. The Labute approximate surface area is 109 Å². The molecule has 2 rings (SSSR count). The minimum atomic E-state index is 0.587. The summed E-state index contributed by atoms with van der Waals surface area (Å²) in [5, 5.41) is 4.04. The summed E-state index contributed by atoms with van der Waals surface area (Å²) >= 11 is 6.07. The van der Waals surface area contributed by atoms with Gasteiger partial charge in [0.05, 0.1) is 5.69 Å². The Hall–Kier alpha value is -0.760. The average Bonchev–Trinajstić information content (AvgIpc) is 2.59. The van der Waals surface area contributed by atoms with E-state index in [0.29, 0.717) is 5.15 Å². The van der Waals surface area contributed by atoms with Crippen LogP contribution in [-0.4, -0.2) is 11.5 Å². The van der Waals surface area contributed by atoms with E-state index < -0.39 is 0 Å². The second-order valence-electron chi connectivity index (χ2n) is 5.09. The molecule has 17 heavy (non-hydrogen) atoms. The van der Waals surface area contributed by atoms with E-state index in [2.05, 4.69) is 16.4 Å². The summed E-state index contributed by atoms with van der Waals surface area (Å²) in [6.45, 7) is 3.07. The number of nitrogens with zero attached hydrogens (tertiary/aromatic N) is 1. The molecule has 3 heteroatoms. The van der Waals surface area contributed by atoms with E-state index in [1.807, 2.05) is 6.92 Å². The zero-order valence-electron chi connectivity index (χ0n) is 10.5. The fourth-order valence-electron chi connectivity index (χ4n) is 2.50. The minimum Gasteiger partial charge on any atom is -0.382 e. The predicted octanol–water partition coefficient (Wildman–Crippen LogP) is 4.43. The lowest BCUT2D eigenvalue weighted by Gasteiger charge is -2.16. The lowest BCUT2D eigenvalue weighted by atomic mass is 10.0. The van der Waals surface area contributed by atoms with E-state index in [9.17, 15) is 0 Å². The van der Waals surface area contributed by atoms with Crippen LogP contribution < -0.4 is 5.32 Å². The molecule has 1 saturated carbocycles. The Morgan fingerprint density at radius 3 is 2.71 bits per heavy atom. The highest BCUT2D eigenvalue weighted by molar-refractivity contribution is 6.31. The molecule has 0 radical (unpaired) electrons. The van der Waals surface area contributed by atoms with Crippen LogP contribution >= 0.6 is 11.6 Å². The van der Waals surface area contributed by atoms with Gasteiger partial charge in [0.1, 0.15) is 0 Å². The van der Waals surface area contributed by atoms with Crippen molar-refractivity contribution in [3.63, 3.8) is 0 Å². The normalized spacial score (nSPS) is 17.8. The highest BCUT2D eigenvalue weighted by Gasteiger charge is 2.12. The molecular formula is C14H21ClN2. The van der Waals surface area contributed by atoms with E-state index in [0.717, 1.165) is 23.7 Å². The molecule has 0 amide bonds. The van der Waals surface area contributed by atoms with Gasteiger partial charge in [-0.25, -0.2) is 4.98 Å². The molecule has 1 aromatic rings. The third kappa shape index (κ3) is 3.88. The number of anilines is 1.